The average molecular weight is 218 g/mol. The summed E-state index contributed by atoms with van der Waals surface area (Å²) in [7, 11) is 0. The fraction of sp³-hybridized carbons (Fsp3) is 0.538. The van der Waals surface area contributed by atoms with E-state index in [-0.39, 0.29) is 5.92 Å². The molecule has 0 amide bonds. The quantitative estimate of drug-likeness (QED) is 0.759. The Kier molecular flexibility index (Phi) is 3.34. The molecule has 1 aromatic heterocycles. The summed E-state index contributed by atoms with van der Waals surface area (Å²) in [6.07, 6.45) is 4.47. The molecule has 1 aliphatic rings. The van der Waals surface area contributed by atoms with Crippen LogP contribution in [0.5, 0.6) is 0 Å². The second-order valence-electron chi connectivity index (χ2n) is 4.72. The summed E-state index contributed by atoms with van der Waals surface area (Å²) >= 11 is 0. The van der Waals surface area contributed by atoms with Crippen molar-refractivity contribution in [3.8, 4) is 0 Å². The maximum Gasteiger partial charge on any atom is 0.138 e. The summed E-state index contributed by atoms with van der Waals surface area (Å²) in [5, 5.41) is 0. The number of rotatable bonds is 2. The Morgan fingerprint density at radius 1 is 1.50 bits per heavy atom. The molecule has 16 heavy (non-hydrogen) atoms. The molecule has 0 radical (unpaired) electrons. The maximum atomic E-state index is 11.4. The van der Waals surface area contributed by atoms with Crippen molar-refractivity contribution in [2.45, 2.75) is 26.8 Å². The van der Waals surface area contributed by atoms with Crippen molar-refractivity contribution in [1.29, 1.82) is 0 Å². The largest absolute Gasteiger partial charge is 0.299 e. The van der Waals surface area contributed by atoms with Gasteiger partial charge in [-0.25, -0.2) is 0 Å². The summed E-state index contributed by atoms with van der Waals surface area (Å²) in [6.45, 7) is 6.75. The van der Waals surface area contributed by atoms with E-state index in [9.17, 15) is 4.79 Å². The van der Waals surface area contributed by atoms with Crippen LogP contribution < -0.4 is 0 Å². The van der Waals surface area contributed by atoms with E-state index >= 15 is 0 Å². The molecule has 86 valence electrons. The van der Waals surface area contributed by atoms with E-state index in [0.717, 1.165) is 19.6 Å². The molecule has 1 fully saturated rings. The lowest BCUT2D eigenvalue weighted by Crippen LogP contribution is -2.39. The van der Waals surface area contributed by atoms with E-state index in [0.29, 0.717) is 12.2 Å². The van der Waals surface area contributed by atoms with E-state index < -0.39 is 0 Å². The van der Waals surface area contributed by atoms with E-state index in [1.54, 1.807) is 0 Å². The van der Waals surface area contributed by atoms with Crippen LogP contribution in [0.25, 0.3) is 0 Å². The van der Waals surface area contributed by atoms with Crippen molar-refractivity contribution in [2.75, 3.05) is 13.1 Å². The second-order valence-corrected chi connectivity index (χ2v) is 4.72. The highest BCUT2D eigenvalue weighted by atomic mass is 16.1. The monoisotopic (exact) mass is 218 g/mol. The Morgan fingerprint density at radius 3 is 3.00 bits per heavy atom. The number of carbonyl (C=O) groups excluding carboxylic acids is 1. The van der Waals surface area contributed by atoms with Crippen LogP contribution in [0.2, 0.25) is 0 Å². The number of carbonyl (C=O) groups is 1. The summed E-state index contributed by atoms with van der Waals surface area (Å²) in [4.78, 5) is 17.9. The maximum absolute atomic E-state index is 11.4. The predicted molar refractivity (Wildman–Crippen MR) is 63.0 cm³/mol. The van der Waals surface area contributed by atoms with Gasteiger partial charge in [-0.3, -0.25) is 14.7 Å². The SMILES string of the molecule is Cc1cncc(CN2CCC(=O)C(C)C2)c1. The molecular formula is C13H18N2O. The first-order chi connectivity index (χ1) is 7.65. The zero-order valence-corrected chi connectivity index (χ0v) is 9.94. The van der Waals surface area contributed by atoms with Crippen LogP contribution in [0.3, 0.4) is 0 Å². The molecule has 3 nitrogen and oxygen atoms in total. The van der Waals surface area contributed by atoms with Crippen LogP contribution >= 0.6 is 0 Å². The zero-order chi connectivity index (χ0) is 11.5. The van der Waals surface area contributed by atoms with E-state index in [1.165, 1.54) is 11.1 Å². The average Bonchev–Trinajstić information content (AvgIpc) is 2.24. The molecule has 2 rings (SSSR count). The summed E-state index contributed by atoms with van der Waals surface area (Å²) in [5.74, 6) is 0.588. The molecular weight excluding hydrogens is 200 g/mol. The third-order valence-electron chi connectivity index (χ3n) is 3.09. The lowest BCUT2D eigenvalue weighted by atomic mass is 9.98. The van der Waals surface area contributed by atoms with Gasteiger partial charge in [0.15, 0.2) is 0 Å². The van der Waals surface area contributed by atoms with Gasteiger partial charge < -0.3 is 0 Å². The van der Waals surface area contributed by atoms with Gasteiger partial charge in [0.05, 0.1) is 0 Å². The van der Waals surface area contributed by atoms with Gasteiger partial charge in [0.25, 0.3) is 0 Å². The molecule has 0 aliphatic carbocycles. The third-order valence-corrected chi connectivity index (χ3v) is 3.09. The highest BCUT2D eigenvalue weighted by molar-refractivity contribution is 5.81. The summed E-state index contributed by atoms with van der Waals surface area (Å²) in [6, 6.07) is 2.16. The van der Waals surface area contributed by atoms with Crippen molar-refractivity contribution in [3.63, 3.8) is 0 Å². The Balaban J connectivity index is 1.98. The first-order valence-corrected chi connectivity index (χ1v) is 5.81. The molecule has 2 heterocycles. The van der Waals surface area contributed by atoms with Crippen LogP contribution in [0, 0.1) is 12.8 Å². The number of hydrogen-bond acceptors (Lipinski definition) is 3. The Labute approximate surface area is 96.5 Å². The number of hydrogen-bond donors (Lipinski definition) is 0. The number of aryl methyl sites for hydroxylation is 1. The van der Waals surface area contributed by atoms with Gasteiger partial charge in [0.2, 0.25) is 0 Å². The number of nitrogens with zero attached hydrogens (tertiary/aromatic N) is 2. The first kappa shape index (κ1) is 11.3. The highest BCUT2D eigenvalue weighted by Gasteiger charge is 2.23. The lowest BCUT2D eigenvalue weighted by molar-refractivity contribution is -0.125. The number of ketones is 1. The Hall–Kier alpha value is -1.22. The van der Waals surface area contributed by atoms with E-state index in [1.807, 2.05) is 19.3 Å². The fourth-order valence-electron chi connectivity index (χ4n) is 2.20. The van der Waals surface area contributed by atoms with Crippen molar-refractivity contribution < 1.29 is 4.79 Å². The van der Waals surface area contributed by atoms with Gasteiger partial charge >= 0.3 is 0 Å². The molecule has 0 aromatic carbocycles. The van der Waals surface area contributed by atoms with E-state index in [4.69, 9.17) is 0 Å². The molecule has 0 bridgehead atoms. The van der Waals surface area contributed by atoms with Crippen molar-refractivity contribution in [2.24, 2.45) is 5.92 Å². The van der Waals surface area contributed by atoms with Gasteiger partial charge in [-0.1, -0.05) is 13.0 Å². The van der Waals surface area contributed by atoms with Gasteiger partial charge in [0, 0.05) is 44.4 Å². The van der Waals surface area contributed by atoms with Crippen LogP contribution in [0.15, 0.2) is 18.5 Å². The van der Waals surface area contributed by atoms with Gasteiger partial charge in [-0.2, -0.15) is 0 Å². The lowest BCUT2D eigenvalue weighted by Gasteiger charge is -2.29. The van der Waals surface area contributed by atoms with Crippen LogP contribution in [0.1, 0.15) is 24.5 Å². The topological polar surface area (TPSA) is 33.2 Å². The highest BCUT2D eigenvalue weighted by Crippen LogP contribution is 2.15. The Bertz CT molecular complexity index is 389. The van der Waals surface area contributed by atoms with Crippen molar-refractivity contribution in [3.05, 3.63) is 29.6 Å². The molecule has 1 atom stereocenters. The third kappa shape index (κ3) is 2.67. The van der Waals surface area contributed by atoms with E-state index in [2.05, 4.69) is 22.9 Å². The van der Waals surface area contributed by atoms with Crippen LogP contribution in [-0.4, -0.2) is 28.8 Å². The molecule has 0 saturated carbocycles. The van der Waals surface area contributed by atoms with Gasteiger partial charge in [-0.05, 0) is 18.1 Å². The number of piperidine rings is 1. The molecule has 0 N–H and O–H groups in total. The molecule has 0 spiro atoms. The van der Waals surface area contributed by atoms with Crippen molar-refractivity contribution >= 4 is 5.78 Å². The second kappa shape index (κ2) is 4.74. The Morgan fingerprint density at radius 2 is 2.31 bits per heavy atom. The zero-order valence-electron chi connectivity index (χ0n) is 9.94. The normalized spacial score (nSPS) is 22.4. The number of aromatic nitrogens is 1. The first-order valence-electron chi connectivity index (χ1n) is 5.81. The predicted octanol–water partition coefficient (Wildman–Crippen LogP) is 1.80. The number of likely N-dealkylation sites (tertiary alicyclic amines) is 1. The van der Waals surface area contributed by atoms with Crippen molar-refractivity contribution in [1.82, 2.24) is 9.88 Å². The smallest absolute Gasteiger partial charge is 0.138 e. The van der Waals surface area contributed by atoms with Crippen LogP contribution in [0.4, 0.5) is 0 Å². The standard InChI is InChI=1S/C13H18N2O/c1-10-5-12(7-14-6-10)9-15-4-3-13(16)11(2)8-15/h5-7,11H,3-4,8-9H2,1-2H3. The molecule has 3 heteroatoms. The minimum absolute atomic E-state index is 0.187. The molecule has 1 aliphatic heterocycles. The van der Waals surface area contributed by atoms with Gasteiger partial charge in [-0.15, -0.1) is 0 Å². The van der Waals surface area contributed by atoms with Gasteiger partial charge in [0.1, 0.15) is 5.78 Å². The number of Topliss-reactive ketones (excluding diaryl/α,β-unsaturated/α-hetero) is 1. The number of pyridine rings is 1. The summed E-state index contributed by atoms with van der Waals surface area (Å²) in [5.41, 5.74) is 2.43. The molecule has 1 saturated heterocycles. The molecule has 1 aromatic rings. The summed E-state index contributed by atoms with van der Waals surface area (Å²) < 4.78 is 0. The molecule has 1 unspecified atom stereocenters. The van der Waals surface area contributed by atoms with Crippen LogP contribution in [-0.2, 0) is 11.3 Å². The minimum Gasteiger partial charge on any atom is -0.299 e. The fourth-order valence-corrected chi connectivity index (χ4v) is 2.20. The minimum atomic E-state index is 0.187.